The molecule has 0 spiro atoms. The lowest BCUT2D eigenvalue weighted by Gasteiger charge is -2.62. The van der Waals surface area contributed by atoms with Gasteiger partial charge in [0.15, 0.2) is 0 Å². The summed E-state index contributed by atoms with van der Waals surface area (Å²) in [4.78, 5) is 2.89. The van der Waals surface area contributed by atoms with Crippen LogP contribution in [0.25, 0.3) is 10.9 Å². The molecule has 23 heavy (non-hydrogen) atoms. The summed E-state index contributed by atoms with van der Waals surface area (Å²) in [7, 11) is 1.78. The van der Waals surface area contributed by atoms with E-state index >= 15 is 0 Å². The van der Waals surface area contributed by atoms with E-state index in [9.17, 15) is 0 Å². The van der Waals surface area contributed by atoms with Gasteiger partial charge in [-0.2, -0.15) is 0 Å². The van der Waals surface area contributed by atoms with Crippen LogP contribution in [0.1, 0.15) is 49.5 Å². The average Bonchev–Trinajstić information content (AvgIpc) is 2.73. The van der Waals surface area contributed by atoms with Crippen molar-refractivity contribution in [1.29, 1.82) is 0 Å². The summed E-state index contributed by atoms with van der Waals surface area (Å²) in [6.45, 7) is 3.65. The lowest BCUT2D eigenvalue weighted by atomic mass is 9.62. The third-order valence-electron chi connectivity index (χ3n) is 7.32. The number of hydrogen-bond acceptors (Lipinski definition) is 2. The molecule has 3 fully saturated rings. The SMILES string of the molecule is CC[C@H]1C[C@@H]2C[C@H]3c4c5c6cc(OC)ccc6n4[C@@H]2N(CC5)[C@@H]13. The predicted molar refractivity (Wildman–Crippen MR) is 91.0 cm³/mol. The summed E-state index contributed by atoms with van der Waals surface area (Å²) in [5.41, 5.74) is 4.79. The zero-order chi connectivity index (χ0) is 15.3. The smallest absolute Gasteiger partial charge is 0.119 e. The van der Waals surface area contributed by atoms with Crippen molar-refractivity contribution in [1.82, 2.24) is 9.47 Å². The number of ether oxygens (including phenoxy) is 1. The zero-order valence-corrected chi connectivity index (χ0v) is 14.0. The molecular formula is C20H24N2O. The maximum absolute atomic E-state index is 5.51. The van der Waals surface area contributed by atoms with Crippen molar-refractivity contribution in [2.45, 2.75) is 50.7 Å². The molecule has 8 bridgehead atoms. The molecule has 1 aliphatic carbocycles. The third kappa shape index (κ3) is 1.34. The maximum Gasteiger partial charge on any atom is 0.119 e. The van der Waals surface area contributed by atoms with Crippen LogP contribution in [0.5, 0.6) is 5.75 Å². The van der Waals surface area contributed by atoms with Crippen LogP contribution in [0, 0.1) is 11.8 Å². The summed E-state index contributed by atoms with van der Waals surface area (Å²) in [6.07, 6.45) is 6.09. The average molecular weight is 308 g/mol. The topological polar surface area (TPSA) is 17.4 Å². The number of hydrogen-bond donors (Lipinski definition) is 0. The van der Waals surface area contributed by atoms with Gasteiger partial charge < -0.3 is 9.30 Å². The van der Waals surface area contributed by atoms with Gasteiger partial charge in [0.1, 0.15) is 5.75 Å². The highest BCUT2D eigenvalue weighted by atomic mass is 16.5. The van der Waals surface area contributed by atoms with Crippen molar-refractivity contribution in [3.8, 4) is 5.75 Å². The molecule has 0 amide bonds. The largest absolute Gasteiger partial charge is 0.497 e. The molecule has 1 aromatic heterocycles. The number of nitrogens with zero attached hydrogens (tertiary/aromatic N) is 2. The minimum Gasteiger partial charge on any atom is -0.497 e. The molecule has 7 aliphatic rings. The molecular weight excluding hydrogens is 284 g/mol. The summed E-state index contributed by atoms with van der Waals surface area (Å²) in [6, 6.07) is 7.54. The second kappa shape index (κ2) is 4.13. The Labute approximate surface area is 137 Å². The standard InChI is InChI=1S/C20H24N2O/c1-3-11-8-12-9-16-18(11)21-7-6-14-15-10-13(23-2)4-5-17(15)22(19(14)16)20(12)21/h4-5,10-12,16,18,20H,3,6-9H2,1-2H3/t11-,12+,16+,18-,20-/m0/s1. The van der Waals surface area contributed by atoms with Gasteiger partial charge >= 0.3 is 0 Å². The van der Waals surface area contributed by atoms with Crippen molar-refractivity contribution in [2.24, 2.45) is 11.8 Å². The first-order chi connectivity index (χ1) is 11.3. The third-order valence-corrected chi connectivity index (χ3v) is 7.32. The lowest BCUT2D eigenvalue weighted by molar-refractivity contribution is -0.115. The highest BCUT2D eigenvalue weighted by Crippen LogP contribution is 2.62. The quantitative estimate of drug-likeness (QED) is 0.836. The van der Waals surface area contributed by atoms with Crippen molar-refractivity contribution >= 4 is 10.9 Å². The van der Waals surface area contributed by atoms with E-state index in [0.717, 1.165) is 29.5 Å². The molecule has 2 aromatic rings. The van der Waals surface area contributed by atoms with Gasteiger partial charge in [-0.15, -0.1) is 0 Å². The van der Waals surface area contributed by atoms with Crippen LogP contribution in [-0.2, 0) is 6.42 Å². The first-order valence-electron chi connectivity index (χ1n) is 9.28. The molecule has 0 N–H and O–H groups in total. The fourth-order valence-electron chi connectivity index (χ4n) is 6.63. The van der Waals surface area contributed by atoms with Gasteiger partial charge in [0.05, 0.1) is 18.8 Å². The van der Waals surface area contributed by atoms with Gasteiger partial charge in [-0.1, -0.05) is 13.3 Å². The molecule has 7 heterocycles. The van der Waals surface area contributed by atoms with Gasteiger partial charge in [0.2, 0.25) is 0 Å². The summed E-state index contributed by atoms with van der Waals surface area (Å²) >= 11 is 0. The van der Waals surface area contributed by atoms with E-state index in [1.54, 1.807) is 18.4 Å². The first-order valence-corrected chi connectivity index (χ1v) is 9.28. The Morgan fingerprint density at radius 3 is 3.00 bits per heavy atom. The lowest BCUT2D eigenvalue weighted by Crippen LogP contribution is -2.62. The van der Waals surface area contributed by atoms with Crippen LogP contribution in [0.15, 0.2) is 18.2 Å². The molecule has 1 aromatic carbocycles. The Morgan fingerprint density at radius 2 is 2.17 bits per heavy atom. The second-order valence-corrected chi connectivity index (χ2v) is 8.02. The molecule has 1 unspecified atom stereocenters. The van der Waals surface area contributed by atoms with Crippen LogP contribution in [0.4, 0.5) is 0 Å². The van der Waals surface area contributed by atoms with E-state index in [0.29, 0.717) is 6.17 Å². The number of piperidine rings is 2. The Hall–Kier alpha value is -1.48. The molecule has 3 heteroatoms. The Bertz CT molecular complexity index is 823. The second-order valence-electron chi connectivity index (χ2n) is 8.02. The number of aromatic nitrogens is 1. The van der Waals surface area contributed by atoms with Crippen LogP contribution in [0.2, 0.25) is 0 Å². The van der Waals surface area contributed by atoms with Gasteiger partial charge in [-0.3, -0.25) is 4.90 Å². The fraction of sp³-hybridized carbons (Fsp3) is 0.600. The predicted octanol–water partition coefficient (Wildman–Crippen LogP) is 3.92. The van der Waals surface area contributed by atoms with E-state index in [4.69, 9.17) is 4.74 Å². The molecule has 1 saturated carbocycles. The first kappa shape index (κ1) is 12.9. The van der Waals surface area contributed by atoms with Gasteiger partial charge in [-0.25, -0.2) is 0 Å². The van der Waals surface area contributed by atoms with Crippen LogP contribution < -0.4 is 4.74 Å². The summed E-state index contributed by atoms with van der Waals surface area (Å²) < 4.78 is 8.24. The van der Waals surface area contributed by atoms with Crippen LogP contribution in [-0.4, -0.2) is 29.2 Å². The van der Waals surface area contributed by atoms with E-state index in [1.165, 1.54) is 43.1 Å². The summed E-state index contributed by atoms with van der Waals surface area (Å²) in [5, 5.41) is 1.46. The molecule has 6 atom stereocenters. The van der Waals surface area contributed by atoms with Crippen LogP contribution >= 0.6 is 0 Å². The molecule has 120 valence electrons. The molecule has 2 saturated heterocycles. The molecule has 9 rings (SSSR count). The number of rotatable bonds is 2. The van der Waals surface area contributed by atoms with Crippen molar-refractivity contribution in [2.75, 3.05) is 13.7 Å². The van der Waals surface area contributed by atoms with Crippen molar-refractivity contribution in [3.05, 3.63) is 29.5 Å². The van der Waals surface area contributed by atoms with E-state index in [2.05, 4.69) is 34.6 Å². The van der Waals surface area contributed by atoms with Gasteiger partial charge in [0.25, 0.3) is 0 Å². The Kier molecular flexibility index (Phi) is 2.31. The van der Waals surface area contributed by atoms with Gasteiger partial charge in [0, 0.05) is 29.6 Å². The highest BCUT2D eigenvalue weighted by Gasteiger charge is 2.58. The number of fused-ring (bicyclic) bond motifs is 3. The Morgan fingerprint density at radius 1 is 1.26 bits per heavy atom. The van der Waals surface area contributed by atoms with E-state index in [-0.39, 0.29) is 0 Å². The molecule has 6 aliphatic heterocycles. The number of benzene rings is 1. The zero-order valence-electron chi connectivity index (χ0n) is 14.0. The minimum absolute atomic E-state index is 0.634. The van der Waals surface area contributed by atoms with E-state index < -0.39 is 0 Å². The monoisotopic (exact) mass is 308 g/mol. The highest BCUT2D eigenvalue weighted by molar-refractivity contribution is 5.88. The van der Waals surface area contributed by atoms with E-state index in [1.807, 2.05) is 0 Å². The molecule has 3 nitrogen and oxygen atoms in total. The van der Waals surface area contributed by atoms with Crippen LogP contribution in [0.3, 0.4) is 0 Å². The molecule has 0 radical (unpaired) electrons. The minimum atomic E-state index is 0.634. The number of methoxy groups -OCH3 is 1. The Balaban J connectivity index is 1.67. The van der Waals surface area contributed by atoms with Crippen molar-refractivity contribution < 1.29 is 4.74 Å². The maximum atomic E-state index is 5.51. The summed E-state index contributed by atoms with van der Waals surface area (Å²) in [5.74, 6) is 3.56. The fourth-order valence-corrected chi connectivity index (χ4v) is 6.63. The van der Waals surface area contributed by atoms with Gasteiger partial charge in [-0.05, 0) is 54.9 Å². The van der Waals surface area contributed by atoms with Crippen molar-refractivity contribution in [3.63, 3.8) is 0 Å². The normalized spacial score (nSPS) is 39.2.